The average Bonchev–Trinajstić information content (AvgIpc) is 2.37. The fraction of sp³-hybridized carbons (Fsp3) is 0.643. The second-order valence-corrected chi connectivity index (χ2v) is 5.06. The zero-order valence-electron chi connectivity index (χ0n) is 11.4. The Bertz CT molecular complexity index is 440. The van der Waals surface area contributed by atoms with Crippen molar-refractivity contribution in [2.24, 2.45) is 0 Å². The number of hydrogen-bond donors (Lipinski definition) is 1. The lowest BCUT2D eigenvalue weighted by Crippen LogP contribution is -2.13. The van der Waals surface area contributed by atoms with Crippen LogP contribution in [0.15, 0.2) is 6.20 Å². The molecule has 0 bridgehead atoms. The number of ether oxygens (including phenoxy) is 1. The van der Waals surface area contributed by atoms with Gasteiger partial charge in [0.2, 0.25) is 0 Å². The number of carbonyl (C=O) groups excluding carboxylic acids is 1. The summed E-state index contributed by atoms with van der Waals surface area (Å²) in [6.07, 6.45) is 10.0. The number of methoxy groups -OCH3 is 1. The second kappa shape index (κ2) is 6.50. The summed E-state index contributed by atoms with van der Waals surface area (Å²) >= 11 is 0. The SMILES string of the molecule is COC(=O)c1cnc(C2CCCCCCC2)nc1N. The van der Waals surface area contributed by atoms with Gasteiger partial charge in [-0.25, -0.2) is 14.8 Å². The number of nitrogens with zero attached hydrogens (tertiary/aromatic N) is 2. The fourth-order valence-electron chi connectivity index (χ4n) is 2.59. The number of anilines is 1. The summed E-state index contributed by atoms with van der Waals surface area (Å²) in [4.78, 5) is 20.1. The molecule has 104 valence electrons. The van der Waals surface area contributed by atoms with Gasteiger partial charge in [-0.1, -0.05) is 32.1 Å². The van der Waals surface area contributed by atoms with E-state index in [2.05, 4.69) is 14.7 Å². The predicted octanol–water partition coefficient (Wildman–Crippen LogP) is 2.67. The van der Waals surface area contributed by atoms with E-state index in [4.69, 9.17) is 5.73 Å². The highest BCUT2D eigenvalue weighted by molar-refractivity contribution is 5.93. The van der Waals surface area contributed by atoms with Gasteiger partial charge in [0.15, 0.2) is 0 Å². The summed E-state index contributed by atoms with van der Waals surface area (Å²) in [5.41, 5.74) is 6.07. The standard InChI is InChI=1S/C14H21N3O2/c1-19-14(18)11-9-16-13(17-12(11)15)10-7-5-3-2-4-6-8-10/h9-10H,2-8H2,1H3,(H2,15,16,17). The lowest BCUT2D eigenvalue weighted by molar-refractivity contribution is 0.0601. The first-order valence-electron chi connectivity index (χ1n) is 6.93. The molecule has 0 aromatic carbocycles. The Morgan fingerprint density at radius 3 is 2.47 bits per heavy atom. The van der Waals surface area contributed by atoms with Crippen molar-refractivity contribution in [3.63, 3.8) is 0 Å². The molecule has 1 aliphatic rings. The van der Waals surface area contributed by atoms with Crippen LogP contribution in [0.25, 0.3) is 0 Å². The summed E-state index contributed by atoms with van der Waals surface area (Å²) < 4.78 is 4.64. The van der Waals surface area contributed by atoms with E-state index in [0.29, 0.717) is 5.92 Å². The monoisotopic (exact) mass is 263 g/mol. The van der Waals surface area contributed by atoms with Crippen LogP contribution in [0.3, 0.4) is 0 Å². The van der Waals surface area contributed by atoms with Gasteiger partial charge in [-0.15, -0.1) is 0 Å². The zero-order chi connectivity index (χ0) is 13.7. The van der Waals surface area contributed by atoms with E-state index in [9.17, 15) is 4.79 Å². The number of nitrogen functional groups attached to an aromatic ring is 1. The third-order valence-corrected chi connectivity index (χ3v) is 3.71. The molecular weight excluding hydrogens is 242 g/mol. The summed E-state index contributed by atoms with van der Waals surface area (Å²) in [7, 11) is 1.32. The van der Waals surface area contributed by atoms with E-state index >= 15 is 0 Å². The molecule has 0 saturated heterocycles. The third-order valence-electron chi connectivity index (χ3n) is 3.71. The van der Waals surface area contributed by atoms with Crippen LogP contribution in [0.4, 0.5) is 5.82 Å². The summed E-state index contributed by atoms with van der Waals surface area (Å²) in [5, 5.41) is 0. The molecule has 0 radical (unpaired) electrons. The maximum absolute atomic E-state index is 11.4. The number of hydrogen-bond acceptors (Lipinski definition) is 5. The minimum absolute atomic E-state index is 0.221. The average molecular weight is 263 g/mol. The topological polar surface area (TPSA) is 78.1 Å². The Morgan fingerprint density at radius 2 is 1.89 bits per heavy atom. The zero-order valence-corrected chi connectivity index (χ0v) is 11.4. The van der Waals surface area contributed by atoms with Crippen LogP contribution in [-0.4, -0.2) is 23.0 Å². The molecular formula is C14H21N3O2. The van der Waals surface area contributed by atoms with Gasteiger partial charge in [0.1, 0.15) is 17.2 Å². The number of carbonyl (C=O) groups is 1. The molecule has 2 rings (SSSR count). The van der Waals surface area contributed by atoms with Crippen molar-refractivity contribution >= 4 is 11.8 Å². The van der Waals surface area contributed by atoms with Crippen LogP contribution in [0, 0.1) is 0 Å². The summed E-state index contributed by atoms with van der Waals surface area (Å²) in [5.74, 6) is 0.877. The normalized spacial score (nSPS) is 17.5. The number of nitrogens with two attached hydrogens (primary N) is 1. The summed E-state index contributed by atoms with van der Waals surface area (Å²) in [6.45, 7) is 0. The molecule has 1 aliphatic carbocycles. The van der Waals surface area contributed by atoms with Crippen LogP contribution >= 0.6 is 0 Å². The van der Waals surface area contributed by atoms with Crippen molar-refractivity contribution in [2.45, 2.75) is 50.9 Å². The van der Waals surface area contributed by atoms with Gasteiger partial charge >= 0.3 is 5.97 Å². The van der Waals surface area contributed by atoms with Crippen LogP contribution in [0.1, 0.15) is 67.0 Å². The van der Waals surface area contributed by atoms with Gasteiger partial charge in [-0.2, -0.15) is 0 Å². The van der Waals surface area contributed by atoms with Gasteiger partial charge in [0.05, 0.1) is 7.11 Å². The molecule has 0 aliphatic heterocycles. The molecule has 5 heteroatoms. The lowest BCUT2D eigenvalue weighted by atomic mass is 9.90. The predicted molar refractivity (Wildman–Crippen MR) is 72.8 cm³/mol. The van der Waals surface area contributed by atoms with Gasteiger partial charge in [-0.05, 0) is 12.8 Å². The maximum Gasteiger partial charge on any atom is 0.343 e. The van der Waals surface area contributed by atoms with E-state index in [1.807, 2.05) is 0 Å². The number of rotatable bonds is 2. The summed E-state index contributed by atoms with van der Waals surface area (Å²) in [6, 6.07) is 0. The fourth-order valence-corrected chi connectivity index (χ4v) is 2.59. The highest BCUT2D eigenvalue weighted by Crippen LogP contribution is 2.29. The molecule has 0 amide bonds. The smallest absolute Gasteiger partial charge is 0.343 e. The molecule has 0 unspecified atom stereocenters. The van der Waals surface area contributed by atoms with E-state index in [-0.39, 0.29) is 11.4 Å². The van der Waals surface area contributed by atoms with Gasteiger partial charge in [0.25, 0.3) is 0 Å². The van der Waals surface area contributed by atoms with Gasteiger partial charge < -0.3 is 10.5 Å². The number of esters is 1. The molecule has 1 saturated carbocycles. The van der Waals surface area contributed by atoms with Crippen molar-refractivity contribution in [3.8, 4) is 0 Å². The van der Waals surface area contributed by atoms with Crippen molar-refractivity contribution in [3.05, 3.63) is 17.6 Å². The van der Waals surface area contributed by atoms with Crippen molar-refractivity contribution < 1.29 is 9.53 Å². The van der Waals surface area contributed by atoms with E-state index in [1.165, 1.54) is 45.4 Å². The van der Waals surface area contributed by atoms with Crippen LogP contribution in [-0.2, 0) is 4.74 Å². The Morgan fingerprint density at radius 1 is 1.26 bits per heavy atom. The van der Waals surface area contributed by atoms with Crippen LogP contribution in [0.2, 0.25) is 0 Å². The van der Waals surface area contributed by atoms with Crippen molar-refractivity contribution in [1.29, 1.82) is 0 Å². The first-order valence-corrected chi connectivity index (χ1v) is 6.93. The van der Waals surface area contributed by atoms with Crippen LogP contribution < -0.4 is 5.73 Å². The third kappa shape index (κ3) is 3.43. The Hall–Kier alpha value is -1.65. The lowest BCUT2D eigenvalue weighted by Gasteiger charge is -2.18. The Labute approximate surface area is 113 Å². The minimum atomic E-state index is -0.485. The highest BCUT2D eigenvalue weighted by atomic mass is 16.5. The largest absolute Gasteiger partial charge is 0.465 e. The number of aromatic nitrogens is 2. The Kier molecular flexibility index (Phi) is 4.71. The first-order chi connectivity index (χ1) is 9.22. The molecule has 0 spiro atoms. The van der Waals surface area contributed by atoms with Crippen molar-refractivity contribution in [1.82, 2.24) is 9.97 Å². The molecule has 1 fully saturated rings. The molecule has 0 atom stereocenters. The maximum atomic E-state index is 11.4. The first kappa shape index (κ1) is 13.8. The van der Waals surface area contributed by atoms with Gasteiger partial charge in [0, 0.05) is 12.1 Å². The molecule has 5 nitrogen and oxygen atoms in total. The highest BCUT2D eigenvalue weighted by Gasteiger charge is 2.19. The quantitative estimate of drug-likeness (QED) is 0.830. The molecule has 1 heterocycles. The molecule has 1 aromatic heterocycles. The van der Waals surface area contributed by atoms with E-state index in [1.54, 1.807) is 0 Å². The minimum Gasteiger partial charge on any atom is -0.465 e. The molecule has 19 heavy (non-hydrogen) atoms. The molecule has 2 N–H and O–H groups in total. The van der Waals surface area contributed by atoms with Gasteiger partial charge in [-0.3, -0.25) is 0 Å². The van der Waals surface area contributed by atoms with Crippen molar-refractivity contribution in [2.75, 3.05) is 12.8 Å². The Balaban J connectivity index is 2.15. The van der Waals surface area contributed by atoms with Crippen LogP contribution in [0.5, 0.6) is 0 Å². The van der Waals surface area contributed by atoms with E-state index < -0.39 is 5.97 Å². The molecule has 1 aromatic rings. The van der Waals surface area contributed by atoms with E-state index in [0.717, 1.165) is 18.7 Å². The second-order valence-electron chi connectivity index (χ2n) is 5.06.